The van der Waals surface area contributed by atoms with E-state index in [1.165, 1.54) is 4.80 Å². The van der Waals surface area contributed by atoms with Crippen molar-refractivity contribution < 1.29 is 9.47 Å². The van der Waals surface area contributed by atoms with Gasteiger partial charge in [-0.2, -0.15) is 10.2 Å². The molecule has 0 N–H and O–H groups in total. The largest absolute Gasteiger partial charge is 0.497 e. The first-order chi connectivity index (χ1) is 8.20. The molecule has 1 heterocycles. The highest BCUT2D eigenvalue weighted by Gasteiger charge is 2.10. The number of hydrogen-bond donors (Lipinski definition) is 0. The minimum absolute atomic E-state index is 0.0800. The summed E-state index contributed by atoms with van der Waals surface area (Å²) in [5, 5.41) is 8.19. The molecular weight excluding hydrogens is 218 g/mol. The summed E-state index contributed by atoms with van der Waals surface area (Å²) in [7, 11) is 1.63. The number of ether oxygens (including phenoxy) is 2. The van der Waals surface area contributed by atoms with Gasteiger partial charge in [0.1, 0.15) is 11.4 Å². The Morgan fingerprint density at radius 2 is 1.88 bits per heavy atom. The van der Waals surface area contributed by atoms with Crippen LogP contribution in [-0.2, 0) is 0 Å². The van der Waals surface area contributed by atoms with E-state index in [2.05, 4.69) is 10.2 Å². The lowest BCUT2D eigenvalue weighted by molar-refractivity contribution is 0.240. The van der Waals surface area contributed by atoms with Gasteiger partial charge in [-0.25, -0.2) is 0 Å². The smallest absolute Gasteiger partial charge is 0.150 e. The maximum atomic E-state index is 5.73. The Hall–Kier alpha value is -2.04. The van der Waals surface area contributed by atoms with Crippen molar-refractivity contribution in [2.75, 3.05) is 7.11 Å². The summed E-state index contributed by atoms with van der Waals surface area (Å²) in [6.07, 6.45) is 3.34. The highest BCUT2D eigenvalue weighted by Crippen LogP contribution is 2.27. The van der Waals surface area contributed by atoms with E-state index in [-0.39, 0.29) is 6.10 Å². The fraction of sp³-hybridized carbons (Fsp3) is 0.333. The molecule has 0 saturated heterocycles. The second-order valence-electron chi connectivity index (χ2n) is 3.82. The third-order valence-corrected chi connectivity index (χ3v) is 2.16. The Kier molecular flexibility index (Phi) is 3.27. The van der Waals surface area contributed by atoms with Crippen LogP contribution in [0.3, 0.4) is 0 Å². The summed E-state index contributed by atoms with van der Waals surface area (Å²) in [4.78, 5) is 1.52. The lowest BCUT2D eigenvalue weighted by atomic mass is 10.2. The Labute approximate surface area is 100.0 Å². The van der Waals surface area contributed by atoms with E-state index in [1.807, 2.05) is 32.0 Å². The lowest BCUT2D eigenvalue weighted by Crippen LogP contribution is -2.09. The van der Waals surface area contributed by atoms with Crippen LogP contribution in [0.1, 0.15) is 13.8 Å². The first-order valence-electron chi connectivity index (χ1n) is 5.42. The van der Waals surface area contributed by atoms with Crippen LogP contribution >= 0.6 is 0 Å². The summed E-state index contributed by atoms with van der Waals surface area (Å²) in [5.41, 5.74) is 0.796. The zero-order valence-electron chi connectivity index (χ0n) is 10.1. The predicted molar refractivity (Wildman–Crippen MR) is 63.7 cm³/mol. The zero-order chi connectivity index (χ0) is 12.3. The first-order valence-corrected chi connectivity index (χ1v) is 5.42. The zero-order valence-corrected chi connectivity index (χ0v) is 10.1. The first kappa shape index (κ1) is 11.4. The maximum Gasteiger partial charge on any atom is 0.150 e. The predicted octanol–water partition coefficient (Wildman–Crippen LogP) is 2.06. The monoisotopic (exact) mass is 233 g/mol. The average molecular weight is 233 g/mol. The van der Waals surface area contributed by atoms with Gasteiger partial charge in [0, 0.05) is 6.07 Å². The standard InChI is InChI=1S/C12H15N3O2/c1-9(2)17-12-8-10(16-3)4-5-11(12)15-13-6-7-14-15/h4-9H,1-3H3. The molecule has 90 valence electrons. The second kappa shape index (κ2) is 4.86. The van der Waals surface area contributed by atoms with E-state index in [9.17, 15) is 0 Å². The van der Waals surface area contributed by atoms with E-state index < -0.39 is 0 Å². The molecule has 0 aliphatic heterocycles. The molecule has 0 saturated carbocycles. The van der Waals surface area contributed by atoms with Crippen molar-refractivity contribution in [3.8, 4) is 17.2 Å². The number of benzene rings is 1. The Balaban J connectivity index is 2.43. The molecule has 0 amide bonds. The molecular formula is C12H15N3O2. The highest BCUT2D eigenvalue weighted by molar-refractivity contribution is 5.49. The molecule has 0 unspecified atom stereocenters. The van der Waals surface area contributed by atoms with Gasteiger partial charge in [0.25, 0.3) is 0 Å². The molecule has 0 atom stereocenters. The van der Waals surface area contributed by atoms with Crippen molar-refractivity contribution in [2.24, 2.45) is 0 Å². The second-order valence-corrected chi connectivity index (χ2v) is 3.82. The molecule has 1 aromatic carbocycles. The van der Waals surface area contributed by atoms with E-state index >= 15 is 0 Å². The maximum absolute atomic E-state index is 5.73. The van der Waals surface area contributed by atoms with Gasteiger partial charge in [-0.3, -0.25) is 0 Å². The van der Waals surface area contributed by atoms with Crippen molar-refractivity contribution in [3.05, 3.63) is 30.6 Å². The molecule has 0 fully saturated rings. The van der Waals surface area contributed by atoms with E-state index in [4.69, 9.17) is 9.47 Å². The molecule has 0 bridgehead atoms. The number of aromatic nitrogens is 3. The van der Waals surface area contributed by atoms with Gasteiger partial charge in [-0.15, -0.1) is 4.80 Å². The lowest BCUT2D eigenvalue weighted by Gasteiger charge is -2.14. The Morgan fingerprint density at radius 1 is 1.18 bits per heavy atom. The fourth-order valence-corrected chi connectivity index (χ4v) is 1.48. The van der Waals surface area contributed by atoms with Gasteiger partial charge >= 0.3 is 0 Å². The molecule has 0 aliphatic rings. The number of methoxy groups -OCH3 is 1. The van der Waals surface area contributed by atoms with Gasteiger partial charge < -0.3 is 9.47 Å². The van der Waals surface area contributed by atoms with Crippen LogP contribution in [0.15, 0.2) is 30.6 Å². The van der Waals surface area contributed by atoms with Gasteiger partial charge in [-0.1, -0.05) is 0 Å². The molecule has 2 aromatic rings. The van der Waals surface area contributed by atoms with E-state index in [0.717, 1.165) is 11.4 Å². The Morgan fingerprint density at radius 3 is 2.47 bits per heavy atom. The van der Waals surface area contributed by atoms with Crippen molar-refractivity contribution in [1.29, 1.82) is 0 Å². The van der Waals surface area contributed by atoms with Crippen LogP contribution in [0.2, 0.25) is 0 Å². The third kappa shape index (κ3) is 2.55. The normalized spacial score (nSPS) is 10.6. The molecule has 5 heteroatoms. The van der Waals surface area contributed by atoms with E-state index in [1.54, 1.807) is 19.5 Å². The van der Waals surface area contributed by atoms with E-state index in [0.29, 0.717) is 5.75 Å². The molecule has 0 spiro atoms. The molecule has 1 aromatic heterocycles. The summed E-state index contributed by atoms with van der Waals surface area (Å²) in [5.74, 6) is 1.45. The summed E-state index contributed by atoms with van der Waals surface area (Å²) in [6.45, 7) is 3.94. The van der Waals surface area contributed by atoms with Crippen LogP contribution in [-0.4, -0.2) is 28.2 Å². The van der Waals surface area contributed by atoms with Crippen molar-refractivity contribution >= 4 is 0 Å². The third-order valence-electron chi connectivity index (χ3n) is 2.16. The number of hydrogen-bond acceptors (Lipinski definition) is 4. The summed E-state index contributed by atoms with van der Waals surface area (Å²) < 4.78 is 10.9. The fourth-order valence-electron chi connectivity index (χ4n) is 1.48. The minimum atomic E-state index is 0.0800. The van der Waals surface area contributed by atoms with Gasteiger partial charge in [0.15, 0.2) is 5.75 Å². The Bertz CT molecular complexity index is 481. The van der Waals surface area contributed by atoms with Crippen molar-refractivity contribution in [1.82, 2.24) is 15.0 Å². The summed E-state index contributed by atoms with van der Waals surface area (Å²) in [6, 6.07) is 5.56. The van der Waals surface area contributed by atoms with Crippen LogP contribution in [0.5, 0.6) is 11.5 Å². The molecule has 2 rings (SSSR count). The molecule has 17 heavy (non-hydrogen) atoms. The van der Waals surface area contributed by atoms with Gasteiger partial charge in [0.05, 0.1) is 25.6 Å². The van der Waals surface area contributed by atoms with Crippen LogP contribution in [0.25, 0.3) is 5.69 Å². The highest BCUT2D eigenvalue weighted by atomic mass is 16.5. The average Bonchev–Trinajstić information content (AvgIpc) is 2.81. The molecule has 0 radical (unpaired) electrons. The van der Waals surface area contributed by atoms with Crippen molar-refractivity contribution in [2.45, 2.75) is 20.0 Å². The minimum Gasteiger partial charge on any atom is -0.497 e. The van der Waals surface area contributed by atoms with Gasteiger partial charge in [-0.05, 0) is 26.0 Å². The van der Waals surface area contributed by atoms with Crippen LogP contribution in [0, 0.1) is 0 Å². The molecule has 5 nitrogen and oxygen atoms in total. The topological polar surface area (TPSA) is 49.2 Å². The van der Waals surface area contributed by atoms with Crippen LogP contribution in [0.4, 0.5) is 0 Å². The number of rotatable bonds is 4. The summed E-state index contributed by atoms with van der Waals surface area (Å²) >= 11 is 0. The molecule has 0 aliphatic carbocycles. The SMILES string of the molecule is COc1ccc(-n2nccn2)c(OC(C)C)c1. The van der Waals surface area contributed by atoms with Crippen LogP contribution < -0.4 is 9.47 Å². The quantitative estimate of drug-likeness (QED) is 0.811. The van der Waals surface area contributed by atoms with Gasteiger partial charge in [0.2, 0.25) is 0 Å². The number of nitrogens with zero attached hydrogens (tertiary/aromatic N) is 3. The van der Waals surface area contributed by atoms with Crippen molar-refractivity contribution in [3.63, 3.8) is 0 Å².